The van der Waals surface area contributed by atoms with Gasteiger partial charge in [-0.3, -0.25) is 9.78 Å². The summed E-state index contributed by atoms with van der Waals surface area (Å²) in [5, 5.41) is 1.48. The first kappa shape index (κ1) is 21.9. The highest BCUT2D eigenvalue weighted by atomic mass is 32.1. The van der Waals surface area contributed by atoms with Crippen molar-refractivity contribution in [1.82, 2.24) is 24.3 Å². The standard InChI is InChI=1S/C19H17N5O3.C5H5NS/c1-26-18-15(20)8-13(9-21-18)11-2-3-16-12(6-11)7-14-17(22-16)24-10-27-5-4-23(24)19(14)25;7-5-2-1-3-6-4-5/h2-3,6-9H,4-5,10,20H2,1H3;1-4,7H. The minimum atomic E-state index is -0.0385. The Hall–Kier alpha value is -3.89. The van der Waals surface area contributed by atoms with Crippen LogP contribution in [0.3, 0.4) is 0 Å². The lowest BCUT2D eigenvalue weighted by atomic mass is 10.0. The highest BCUT2D eigenvalue weighted by Gasteiger charge is 2.18. The van der Waals surface area contributed by atoms with Gasteiger partial charge < -0.3 is 15.2 Å². The van der Waals surface area contributed by atoms with E-state index in [4.69, 9.17) is 20.2 Å². The number of thiol groups is 1. The number of ether oxygens (including phenoxy) is 2. The van der Waals surface area contributed by atoms with E-state index in [2.05, 4.69) is 22.6 Å². The summed E-state index contributed by atoms with van der Waals surface area (Å²) in [7, 11) is 1.53. The van der Waals surface area contributed by atoms with Gasteiger partial charge in [-0.25, -0.2) is 19.3 Å². The first-order valence-corrected chi connectivity index (χ1v) is 11.0. The van der Waals surface area contributed by atoms with Crippen LogP contribution in [-0.4, -0.2) is 38.0 Å². The SMILES string of the molecule is COc1ncc(-c2ccc3nc4c(cc3c2)c(=O)n2n4COCC2)cc1N.Sc1cccnc1. The summed E-state index contributed by atoms with van der Waals surface area (Å²) in [6, 6.07) is 13.3. The molecular formula is C24H22N6O3S. The molecule has 9 nitrogen and oxygen atoms in total. The second kappa shape index (κ2) is 9.16. The maximum atomic E-state index is 12.7. The van der Waals surface area contributed by atoms with Gasteiger partial charge in [0, 0.05) is 34.4 Å². The lowest BCUT2D eigenvalue weighted by Gasteiger charge is -2.17. The number of methoxy groups -OCH3 is 1. The zero-order chi connectivity index (χ0) is 23.7. The number of hydrogen-bond acceptors (Lipinski definition) is 8. The number of nitrogens with two attached hydrogens (primary N) is 1. The summed E-state index contributed by atoms with van der Waals surface area (Å²) in [4.78, 5) is 26.3. The van der Waals surface area contributed by atoms with Gasteiger partial charge in [-0.05, 0) is 42.0 Å². The maximum Gasteiger partial charge on any atom is 0.276 e. The smallest absolute Gasteiger partial charge is 0.276 e. The summed E-state index contributed by atoms with van der Waals surface area (Å²) in [5.74, 6) is 0.401. The van der Waals surface area contributed by atoms with Crippen LogP contribution in [0, 0.1) is 0 Å². The minimum Gasteiger partial charge on any atom is -0.480 e. The Morgan fingerprint density at radius 2 is 2.00 bits per heavy atom. The molecular weight excluding hydrogens is 452 g/mol. The molecule has 1 aliphatic rings. The molecule has 0 radical (unpaired) electrons. The lowest BCUT2D eigenvalue weighted by Crippen LogP contribution is -2.30. The van der Waals surface area contributed by atoms with E-state index in [0.29, 0.717) is 42.5 Å². The van der Waals surface area contributed by atoms with Gasteiger partial charge >= 0.3 is 0 Å². The fourth-order valence-electron chi connectivity index (χ4n) is 3.87. The van der Waals surface area contributed by atoms with Gasteiger partial charge in [-0.2, -0.15) is 0 Å². The van der Waals surface area contributed by atoms with Crippen LogP contribution in [0.15, 0.2) is 70.7 Å². The van der Waals surface area contributed by atoms with E-state index in [1.54, 1.807) is 28.0 Å². The maximum absolute atomic E-state index is 12.7. The van der Waals surface area contributed by atoms with Crippen LogP contribution in [-0.2, 0) is 18.0 Å². The number of aromatic nitrogens is 5. The number of hydrogen-bond donors (Lipinski definition) is 2. The van der Waals surface area contributed by atoms with Crippen molar-refractivity contribution in [2.45, 2.75) is 18.2 Å². The van der Waals surface area contributed by atoms with Crippen LogP contribution in [0.5, 0.6) is 5.88 Å². The van der Waals surface area contributed by atoms with Crippen molar-refractivity contribution in [3.8, 4) is 17.0 Å². The van der Waals surface area contributed by atoms with E-state index >= 15 is 0 Å². The Labute approximate surface area is 200 Å². The Kier molecular flexibility index (Phi) is 5.91. The van der Waals surface area contributed by atoms with Gasteiger partial charge in [-0.1, -0.05) is 6.07 Å². The van der Waals surface area contributed by atoms with Crippen molar-refractivity contribution in [1.29, 1.82) is 0 Å². The van der Waals surface area contributed by atoms with E-state index in [1.807, 2.05) is 42.5 Å². The number of nitrogens with zero attached hydrogens (tertiary/aromatic N) is 5. The summed E-state index contributed by atoms with van der Waals surface area (Å²) < 4.78 is 14.1. The van der Waals surface area contributed by atoms with Crippen LogP contribution in [0.4, 0.5) is 5.69 Å². The minimum absolute atomic E-state index is 0.0385. The number of benzene rings is 1. The first-order valence-electron chi connectivity index (χ1n) is 10.6. The van der Waals surface area contributed by atoms with Gasteiger partial charge in [0.1, 0.15) is 6.73 Å². The van der Waals surface area contributed by atoms with Crippen LogP contribution >= 0.6 is 12.6 Å². The molecule has 0 bridgehead atoms. The molecule has 0 unspecified atom stereocenters. The highest BCUT2D eigenvalue weighted by molar-refractivity contribution is 7.80. The molecule has 2 N–H and O–H groups in total. The van der Waals surface area contributed by atoms with Crippen LogP contribution < -0.4 is 16.0 Å². The molecule has 1 aliphatic heterocycles. The summed E-state index contributed by atoms with van der Waals surface area (Å²) in [6.45, 7) is 1.41. The van der Waals surface area contributed by atoms with E-state index < -0.39 is 0 Å². The molecule has 6 rings (SSSR count). The van der Waals surface area contributed by atoms with Crippen molar-refractivity contribution in [2.75, 3.05) is 19.5 Å². The zero-order valence-corrected chi connectivity index (χ0v) is 19.3. The molecule has 0 atom stereocenters. The molecule has 5 aromatic rings. The van der Waals surface area contributed by atoms with Crippen molar-refractivity contribution in [3.63, 3.8) is 0 Å². The van der Waals surface area contributed by atoms with Crippen LogP contribution in [0.2, 0.25) is 0 Å². The molecule has 0 saturated carbocycles. The summed E-state index contributed by atoms with van der Waals surface area (Å²) in [6.07, 6.45) is 5.13. The molecule has 10 heteroatoms. The molecule has 4 aromatic heterocycles. The predicted octanol–water partition coefficient (Wildman–Crippen LogP) is 3.36. The molecule has 0 amide bonds. The average molecular weight is 475 g/mol. The topological polar surface area (TPSA) is 110 Å². The quantitative estimate of drug-likeness (QED) is 0.378. The van der Waals surface area contributed by atoms with E-state index in [1.165, 1.54) is 7.11 Å². The van der Waals surface area contributed by atoms with Crippen molar-refractivity contribution in [3.05, 3.63) is 71.4 Å². The fraction of sp³-hybridized carbons (Fsp3) is 0.167. The highest BCUT2D eigenvalue weighted by Crippen LogP contribution is 2.29. The number of pyridine rings is 3. The fourth-order valence-corrected chi connectivity index (χ4v) is 4.02. The van der Waals surface area contributed by atoms with Gasteiger partial charge in [-0.15, -0.1) is 12.6 Å². The molecule has 5 heterocycles. The Bertz CT molecular complexity index is 1550. The second-order valence-corrected chi connectivity index (χ2v) is 8.18. The van der Waals surface area contributed by atoms with Crippen LogP contribution in [0.1, 0.15) is 0 Å². The number of rotatable bonds is 2. The molecule has 1 aromatic carbocycles. The third-order valence-corrected chi connectivity index (χ3v) is 5.77. The second-order valence-electron chi connectivity index (χ2n) is 7.67. The van der Waals surface area contributed by atoms with Gasteiger partial charge in [0.15, 0.2) is 5.65 Å². The molecule has 0 saturated heterocycles. The Balaban J connectivity index is 0.000000297. The molecule has 0 spiro atoms. The average Bonchev–Trinajstić information content (AvgIpc) is 3.14. The third-order valence-electron chi connectivity index (χ3n) is 5.51. The molecule has 34 heavy (non-hydrogen) atoms. The summed E-state index contributed by atoms with van der Waals surface area (Å²) in [5.41, 5.74) is 9.68. The molecule has 0 aliphatic carbocycles. The van der Waals surface area contributed by atoms with Gasteiger partial charge in [0.2, 0.25) is 5.88 Å². The van der Waals surface area contributed by atoms with Crippen LogP contribution in [0.25, 0.3) is 33.1 Å². The van der Waals surface area contributed by atoms with Gasteiger partial charge in [0.05, 0.1) is 36.9 Å². The third kappa shape index (κ3) is 4.09. The Morgan fingerprint density at radius 3 is 2.71 bits per heavy atom. The van der Waals surface area contributed by atoms with Crippen molar-refractivity contribution >= 4 is 40.3 Å². The van der Waals surface area contributed by atoms with Gasteiger partial charge in [0.25, 0.3) is 5.56 Å². The van der Waals surface area contributed by atoms with Crippen molar-refractivity contribution < 1.29 is 9.47 Å². The number of anilines is 1. The molecule has 172 valence electrons. The van der Waals surface area contributed by atoms with E-state index in [9.17, 15) is 4.79 Å². The predicted molar refractivity (Wildman–Crippen MR) is 133 cm³/mol. The van der Waals surface area contributed by atoms with E-state index in [0.717, 1.165) is 26.9 Å². The summed E-state index contributed by atoms with van der Waals surface area (Å²) >= 11 is 4.02. The largest absolute Gasteiger partial charge is 0.480 e. The number of nitrogen functional groups attached to an aromatic ring is 1. The lowest BCUT2D eigenvalue weighted by molar-refractivity contribution is 0.0175. The Morgan fingerprint density at radius 1 is 1.12 bits per heavy atom. The normalized spacial score (nSPS) is 12.8. The first-order chi connectivity index (χ1) is 16.5. The molecule has 0 fully saturated rings. The zero-order valence-electron chi connectivity index (χ0n) is 18.4. The van der Waals surface area contributed by atoms with Crippen molar-refractivity contribution in [2.24, 2.45) is 0 Å². The van der Waals surface area contributed by atoms with E-state index in [-0.39, 0.29) is 5.56 Å². The monoisotopic (exact) mass is 474 g/mol. The number of fused-ring (bicyclic) bond motifs is 4.